The number of carbonyl (C=O) groups excluding carboxylic acids is 1. The van der Waals surface area contributed by atoms with E-state index in [2.05, 4.69) is 53.2 Å². The minimum Gasteiger partial charge on any atom is -0.506 e. The fourth-order valence-corrected chi connectivity index (χ4v) is 3.02. The van der Waals surface area contributed by atoms with E-state index >= 15 is 0 Å². The molecule has 1 saturated heterocycles. The van der Waals surface area contributed by atoms with Gasteiger partial charge in [0, 0.05) is 6.04 Å². The molecular formula is C12H14Br2N4O2. The van der Waals surface area contributed by atoms with Crippen molar-refractivity contribution in [3.05, 3.63) is 26.6 Å². The van der Waals surface area contributed by atoms with Crippen LogP contribution in [0.25, 0.3) is 0 Å². The number of hydrogen-bond acceptors (Lipinski definition) is 5. The standard InChI is InChI=1S/C12H14Br2N4O2/c1-6-2-10(17-16-6)12(20)18-15-5-7-3-8(13)11(19)9(14)4-7/h3-6,10,16-17,19H,2H2,1H3,(H,18,20)/b15-5+. The highest BCUT2D eigenvalue weighted by Crippen LogP contribution is 2.32. The van der Waals surface area contributed by atoms with Gasteiger partial charge in [-0.15, -0.1) is 0 Å². The highest BCUT2D eigenvalue weighted by Gasteiger charge is 2.26. The number of hydrogen-bond donors (Lipinski definition) is 4. The van der Waals surface area contributed by atoms with E-state index in [-0.39, 0.29) is 23.7 Å². The van der Waals surface area contributed by atoms with E-state index in [4.69, 9.17) is 0 Å². The topological polar surface area (TPSA) is 85.8 Å². The van der Waals surface area contributed by atoms with Crippen LogP contribution in [-0.4, -0.2) is 29.3 Å². The van der Waals surface area contributed by atoms with E-state index in [0.29, 0.717) is 8.95 Å². The van der Waals surface area contributed by atoms with Gasteiger partial charge < -0.3 is 5.11 Å². The molecule has 0 saturated carbocycles. The summed E-state index contributed by atoms with van der Waals surface area (Å²) in [5.41, 5.74) is 9.10. The van der Waals surface area contributed by atoms with Crippen LogP contribution in [0.3, 0.4) is 0 Å². The summed E-state index contributed by atoms with van der Waals surface area (Å²) >= 11 is 6.46. The summed E-state index contributed by atoms with van der Waals surface area (Å²) in [6.45, 7) is 2.00. The fraction of sp³-hybridized carbons (Fsp3) is 0.333. The van der Waals surface area contributed by atoms with Crippen molar-refractivity contribution < 1.29 is 9.90 Å². The molecule has 0 bridgehead atoms. The second-order valence-electron chi connectivity index (χ2n) is 4.55. The van der Waals surface area contributed by atoms with Crippen LogP contribution in [0.2, 0.25) is 0 Å². The molecule has 108 valence electrons. The third-order valence-corrected chi connectivity index (χ3v) is 4.05. The van der Waals surface area contributed by atoms with Crippen molar-refractivity contribution in [1.29, 1.82) is 0 Å². The Hall–Kier alpha value is -0.960. The number of nitrogens with zero attached hydrogens (tertiary/aromatic N) is 1. The SMILES string of the molecule is CC1CC(C(=O)N/N=C/c2cc(Br)c(O)c(Br)c2)NN1. The van der Waals surface area contributed by atoms with Gasteiger partial charge in [0.2, 0.25) is 0 Å². The highest BCUT2D eigenvalue weighted by molar-refractivity contribution is 9.11. The molecule has 6 nitrogen and oxygen atoms in total. The Morgan fingerprint density at radius 1 is 1.45 bits per heavy atom. The quantitative estimate of drug-likeness (QED) is 0.454. The summed E-state index contributed by atoms with van der Waals surface area (Å²) < 4.78 is 1.10. The number of phenolic OH excluding ortho intramolecular Hbond substituents is 1. The smallest absolute Gasteiger partial charge is 0.258 e. The third-order valence-electron chi connectivity index (χ3n) is 2.84. The average Bonchev–Trinajstić information content (AvgIpc) is 2.82. The summed E-state index contributed by atoms with van der Waals surface area (Å²) in [5.74, 6) is -0.0589. The van der Waals surface area contributed by atoms with E-state index in [0.717, 1.165) is 12.0 Å². The molecule has 1 aliphatic heterocycles. The lowest BCUT2D eigenvalue weighted by atomic mass is 10.1. The van der Waals surface area contributed by atoms with Gasteiger partial charge in [-0.25, -0.2) is 10.9 Å². The first-order valence-corrected chi connectivity index (χ1v) is 7.58. The molecule has 1 fully saturated rings. The number of hydrazone groups is 1. The van der Waals surface area contributed by atoms with E-state index < -0.39 is 0 Å². The van der Waals surface area contributed by atoms with E-state index in [9.17, 15) is 9.90 Å². The van der Waals surface area contributed by atoms with Gasteiger partial charge in [-0.3, -0.25) is 10.2 Å². The van der Waals surface area contributed by atoms with Crippen LogP contribution in [0.15, 0.2) is 26.2 Å². The molecule has 0 radical (unpaired) electrons. The molecule has 8 heteroatoms. The van der Waals surface area contributed by atoms with Gasteiger partial charge in [0.05, 0.1) is 15.2 Å². The number of rotatable bonds is 3. The normalized spacial score (nSPS) is 22.4. The fourth-order valence-electron chi connectivity index (χ4n) is 1.79. The molecule has 1 aromatic rings. The number of amides is 1. The number of aromatic hydroxyl groups is 1. The Morgan fingerprint density at radius 3 is 2.65 bits per heavy atom. The van der Waals surface area contributed by atoms with Gasteiger partial charge in [-0.1, -0.05) is 0 Å². The van der Waals surface area contributed by atoms with Crippen molar-refractivity contribution in [2.24, 2.45) is 5.10 Å². The predicted octanol–water partition coefficient (Wildman–Crippen LogP) is 1.62. The Morgan fingerprint density at radius 2 is 2.10 bits per heavy atom. The van der Waals surface area contributed by atoms with Crippen molar-refractivity contribution in [3.8, 4) is 5.75 Å². The van der Waals surface area contributed by atoms with Crippen molar-refractivity contribution in [2.75, 3.05) is 0 Å². The Balaban J connectivity index is 1.95. The minimum absolute atomic E-state index is 0.126. The number of nitrogens with one attached hydrogen (secondary N) is 3. The van der Waals surface area contributed by atoms with Crippen molar-refractivity contribution in [3.63, 3.8) is 0 Å². The molecule has 1 heterocycles. The number of benzene rings is 1. The van der Waals surface area contributed by atoms with Crippen molar-refractivity contribution in [2.45, 2.75) is 25.4 Å². The molecule has 0 spiro atoms. The van der Waals surface area contributed by atoms with Gasteiger partial charge in [0.1, 0.15) is 11.8 Å². The molecular weight excluding hydrogens is 392 g/mol. The van der Waals surface area contributed by atoms with Crippen LogP contribution in [0.4, 0.5) is 0 Å². The third kappa shape index (κ3) is 3.78. The molecule has 2 unspecified atom stereocenters. The zero-order valence-corrected chi connectivity index (χ0v) is 13.8. The maximum atomic E-state index is 11.8. The summed E-state index contributed by atoms with van der Waals surface area (Å²) in [7, 11) is 0. The zero-order valence-electron chi connectivity index (χ0n) is 10.7. The largest absolute Gasteiger partial charge is 0.506 e. The first-order chi connectivity index (χ1) is 9.47. The van der Waals surface area contributed by atoms with Gasteiger partial charge >= 0.3 is 0 Å². The summed E-state index contributed by atoms with van der Waals surface area (Å²) in [6.07, 6.45) is 2.23. The van der Waals surface area contributed by atoms with Crippen LogP contribution in [0.5, 0.6) is 5.75 Å². The number of carbonyl (C=O) groups is 1. The van der Waals surface area contributed by atoms with Gasteiger partial charge in [0.25, 0.3) is 5.91 Å². The lowest BCUT2D eigenvalue weighted by Gasteiger charge is -2.06. The summed E-state index contributed by atoms with van der Waals surface area (Å²) in [4.78, 5) is 11.8. The molecule has 2 rings (SSSR count). The van der Waals surface area contributed by atoms with Gasteiger partial charge in [-0.05, 0) is 62.9 Å². The van der Waals surface area contributed by atoms with Gasteiger partial charge in [-0.2, -0.15) is 5.10 Å². The molecule has 1 aromatic carbocycles. The van der Waals surface area contributed by atoms with Crippen LogP contribution in [0.1, 0.15) is 18.9 Å². The van der Waals surface area contributed by atoms with Crippen LogP contribution >= 0.6 is 31.9 Å². The molecule has 1 amide bonds. The Labute approximate surface area is 133 Å². The van der Waals surface area contributed by atoms with Gasteiger partial charge in [0.15, 0.2) is 0 Å². The maximum Gasteiger partial charge on any atom is 0.258 e. The first-order valence-electron chi connectivity index (χ1n) is 5.99. The van der Waals surface area contributed by atoms with Crippen LogP contribution < -0.4 is 16.3 Å². The van der Waals surface area contributed by atoms with Crippen LogP contribution in [0, 0.1) is 0 Å². The predicted molar refractivity (Wildman–Crippen MR) is 83.4 cm³/mol. The summed E-state index contributed by atoms with van der Waals surface area (Å²) in [6, 6.07) is 3.39. The monoisotopic (exact) mass is 404 g/mol. The highest BCUT2D eigenvalue weighted by atomic mass is 79.9. The first kappa shape index (κ1) is 15.4. The van der Waals surface area contributed by atoms with Crippen LogP contribution in [-0.2, 0) is 4.79 Å². The molecule has 0 aliphatic carbocycles. The van der Waals surface area contributed by atoms with E-state index in [1.165, 1.54) is 6.21 Å². The Kier molecular flexibility index (Phi) is 5.14. The zero-order chi connectivity index (χ0) is 14.7. The van der Waals surface area contributed by atoms with E-state index in [1.54, 1.807) is 12.1 Å². The molecule has 20 heavy (non-hydrogen) atoms. The molecule has 0 aromatic heterocycles. The van der Waals surface area contributed by atoms with Crippen molar-refractivity contribution >= 4 is 44.0 Å². The molecule has 2 atom stereocenters. The lowest BCUT2D eigenvalue weighted by molar-refractivity contribution is -0.122. The Bertz CT molecular complexity index is 527. The summed E-state index contributed by atoms with van der Waals surface area (Å²) in [5, 5.41) is 13.5. The second kappa shape index (κ2) is 6.66. The molecule has 4 N–H and O–H groups in total. The average molecular weight is 406 g/mol. The lowest BCUT2D eigenvalue weighted by Crippen LogP contribution is -2.41. The molecule has 1 aliphatic rings. The number of phenols is 1. The van der Waals surface area contributed by atoms with E-state index in [1.807, 2.05) is 6.92 Å². The minimum atomic E-state index is -0.277. The second-order valence-corrected chi connectivity index (χ2v) is 6.25. The van der Waals surface area contributed by atoms with Crippen molar-refractivity contribution in [1.82, 2.24) is 16.3 Å². The number of hydrazine groups is 1. The maximum absolute atomic E-state index is 11.8. The number of halogens is 2.